The minimum atomic E-state index is -0.106. The van der Waals surface area contributed by atoms with Crippen LogP contribution in [-0.2, 0) is 6.54 Å². The van der Waals surface area contributed by atoms with Gasteiger partial charge in [-0.3, -0.25) is 4.79 Å². The number of thiophene rings is 1. The largest absolute Gasteiger partial charge is 0.355 e. The topological polar surface area (TPSA) is 55.1 Å². The molecule has 0 fully saturated rings. The van der Waals surface area contributed by atoms with Crippen molar-refractivity contribution in [1.29, 1.82) is 0 Å². The normalized spacial score (nSPS) is 10.6. The van der Waals surface area contributed by atoms with Gasteiger partial charge in [0.25, 0.3) is 5.91 Å². The van der Waals surface area contributed by atoms with Crippen LogP contribution < -0.4 is 5.32 Å². The van der Waals surface area contributed by atoms with Crippen LogP contribution in [0.1, 0.15) is 16.1 Å². The third-order valence-corrected chi connectivity index (χ3v) is 4.78. The third kappa shape index (κ3) is 3.23. The van der Waals surface area contributed by atoms with Crippen molar-refractivity contribution in [2.75, 3.05) is 6.26 Å². The predicted octanol–water partition coefficient (Wildman–Crippen LogP) is 4.06. The third-order valence-electron chi connectivity index (χ3n) is 3.10. The van der Waals surface area contributed by atoms with Crippen molar-refractivity contribution in [3.8, 4) is 10.6 Å². The summed E-state index contributed by atoms with van der Waals surface area (Å²) in [5.41, 5.74) is 1.38. The summed E-state index contributed by atoms with van der Waals surface area (Å²) in [7, 11) is 0. The van der Waals surface area contributed by atoms with Gasteiger partial charge in [0, 0.05) is 11.0 Å². The number of hydrogen-bond donors (Lipinski definition) is 1. The number of nitrogens with zero attached hydrogens (tertiary/aromatic N) is 1. The van der Waals surface area contributed by atoms with Gasteiger partial charge >= 0.3 is 0 Å². The van der Waals surface area contributed by atoms with E-state index >= 15 is 0 Å². The van der Waals surface area contributed by atoms with Gasteiger partial charge in [-0.05, 0) is 29.8 Å². The maximum absolute atomic E-state index is 12.3. The lowest BCUT2D eigenvalue weighted by atomic mass is 10.2. The molecule has 3 rings (SSSR count). The first-order valence-corrected chi connectivity index (χ1v) is 8.79. The van der Waals surface area contributed by atoms with Crippen LogP contribution in [0.2, 0.25) is 0 Å². The van der Waals surface area contributed by atoms with Crippen LogP contribution in [0.4, 0.5) is 0 Å². The Morgan fingerprint density at radius 1 is 1.32 bits per heavy atom. The van der Waals surface area contributed by atoms with E-state index in [0.29, 0.717) is 17.8 Å². The Balaban J connectivity index is 1.66. The Hall–Kier alpha value is -2.05. The van der Waals surface area contributed by atoms with E-state index in [1.807, 2.05) is 54.1 Å². The number of hydrogen-bond acceptors (Lipinski definition) is 5. The number of aromatic nitrogens is 1. The number of rotatable bonds is 5. The minimum Gasteiger partial charge on any atom is -0.355 e. The number of benzene rings is 1. The zero-order valence-corrected chi connectivity index (χ0v) is 13.5. The van der Waals surface area contributed by atoms with E-state index in [9.17, 15) is 4.79 Å². The summed E-state index contributed by atoms with van der Waals surface area (Å²) >= 11 is 3.15. The highest BCUT2D eigenvalue weighted by molar-refractivity contribution is 7.98. The molecule has 0 aliphatic rings. The average Bonchev–Trinajstić information content (AvgIpc) is 3.23. The number of carbonyl (C=O) groups excluding carboxylic acids is 1. The summed E-state index contributed by atoms with van der Waals surface area (Å²) in [6.45, 7) is 0.344. The van der Waals surface area contributed by atoms with Crippen LogP contribution in [0, 0.1) is 0 Å². The Morgan fingerprint density at radius 2 is 2.18 bits per heavy atom. The fourth-order valence-corrected chi connectivity index (χ4v) is 3.30. The lowest BCUT2D eigenvalue weighted by molar-refractivity contribution is 0.0947. The lowest BCUT2D eigenvalue weighted by Crippen LogP contribution is -2.23. The summed E-state index contributed by atoms with van der Waals surface area (Å²) in [4.78, 5) is 14.2. The summed E-state index contributed by atoms with van der Waals surface area (Å²) in [5, 5.41) is 8.85. The molecule has 1 amide bonds. The Bertz CT molecular complexity index is 766. The standard InChI is InChI=1S/C16H14N2O2S2/c1-21-14-6-3-2-5-12(14)16(19)17-10-11-9-13(20-18-11)15-7-4-8-22-15/h2-9H,10H2,1H3,(H,17,19). The second-order valence-corrected chi connectivity index (χ2v) is 6.34. The monoisotopic (exact) mass is 330 g/mol. The number of carbonyl (C=O) groups is 1. The molecule has 22 heavy (non-hydrogen) atoms. The summed E-state index contributed by atoms with van der Waals surface area (Å²) in [5.74, 6) is 0.620. The zero-order chi connectivity index (χ0) is 15.4. The van der Waals surface area contributed by atoms with Gasteiger partial charge in [-0.1, -0.05) is 23.4 Å². The van der Waals surface area contributed by atoms with E-state index in [2.05, 4.69) is 10.5 Å². The van der Waals surface area contributed by atoms with Gasteiger partial charge in [-0.2, -0.15) is 0 Å². The highest BCUT2D eigenvalue weighted by Crippen LogP contribution is 2.25. The summed E-state index contributed by atoms with van der Waals surface area (Å²) < 4.78 is 5.30. The van der Waals surface area contributed by atoms with Crippen molar-refractivity contribution >= 4 is 29.0 Å². The van der Waals surface area contributed by atoms with Gasteiger partial charge in [0.1, 0.15) is 5.69 Å². The second-order valence-electron chi connectivity index (χ2n) is 4.54. The summed E-state index contributed by atoms with van der Waals surface area (Å²) in [6.07, 6.45) is 1.96. The highest BCUT2D eigenvalue weighted by Gasteiger charge is 2.12. The molecular formula is C16H14N2O2S2. The smallest absolute Gasteiger partial charge is 0.252 e. The SMILES string of the molecule is CSc1ccccc1C(=O)NCc1cc(-c2cccs2)on1. The fraction of sp³-hybridized carbons (Fsp3) is 0.125. The quantitative estimate of drug-likeness (QED) is 0.717. The van der Waals surface area contributed by atoms with Crippen LogP contribution in [0.25, 0.3) is 10.6 Å². The second kappa shape index (κ2) is 6.81. The molecule has 2 aromatic heterocycles. The van der Waals surface area contributed by atoms with Gasteiger partial charge in [0.05, 0.1) is 17.0 Å². The van der Waals surface area contributed by atoms with Gasteiger partial charge in [-0.25, -0.2) is 0 Å². The first-order chi connectivity index (χ1) is 10.8. The maximum Gasteiger partial charge on any atom is 0.252 e. The number of amides is 1. The van der Waals surface area contributed by atoms with Crippen LogP contribution in [0.15, 0.2) is 57.3 Å². The molecule has 0 saturated heterocycles. The van der Waals surface area contributed by atoms with Gasteiger partial charge in [-0.15, -0.1) is 23.1 Å². The molecule has 0 spiro atoms. The Kier molecular flexibility index (Phi) is 4.60. The molecule has 6 heteroatoms. The van der Waals surface area contributed by atoms with E-state index in [1.54, 1.807) is 23.1 Å². The number of nitrogens with one attached hydrogen (secondary N) is 1. The van der Waals surface area contributed by atoms with Crippen molar-refractivity contribution < 1.29 is 9.32 Å². The first-order valence-electron chi connectivity index (χ1n) is 6.68. The molecule has 2 heterocycles. The van der Waals surface area contributed by atoms with Gasteiger partial charge in [0.15, 0.2) is 5.76 Å². The molecule has 0 aliphatic heterocycles. The zero-order valence-electron chi connectivity index (χ0n) is 11.9. The van der Waals surface area contributed by atoms with Crippen LogP contribution in [0.3, 0.4) is 0 Å². The van der Waals surface area contributed by atoms with Crippen molar-refractivity contribution in [1.82, 2.24) is 10.5 Å². The average molecular weight is 330 g/mol. The van der Waals surface area contributed by atoms with Gasteiger partial charge < -0.3 is 9.84 Å². The van der Waals surface area contributed by atoms with Crippen molar-refractivity contribution in [2.45, 2.75) is 11.4 Å². The molecule has 0 radical (unpaired) electrons. The fourth-order valence-electron chi connectivity index (χ4n) is 2.03. The molecule has 1 aromatic carbocycles. The molecule has 0 atom stereocenters. The van der Waals surface area contributed by atoms with Gasteiger partial charge in [0.2, 0.25) is 0 Å². The molecule has 0 saturated carbocycles. The molecular weight excluding hydrogens is 316 g/mol. The molecule has 1 N–H and O–H groups in total. The van der Waals surface area contributed by atoms with Crippen LogP contribution >= 0.6 is 23.1 Å². The van der Waals surface area contributed by atoms with Crippen molar-refractivity contribution in [2.24, 2.45) is 0 Å². The minimum absolute atomic E-state index is 0.106. The van der Waals surface area contributed by atoms with E-state index < -0.39 is 0 Å². The predicted molar refractivity (Wildman–Crippen MR) is 89.2 cm³/mol. The van der Waals surface area contributed by atoms with Crippen LogP contribution in [-0.4, -0.2) is 17.3 Å². The molecule has 0 bridgehead atoms. The maximum atomic E-state index is 12.3. The Labute approximate surface area is 136 Å². The molecule has 0 unspecified atom stereocenters. The molecule has 112 valence electrons. The summed E-state index contributed by atoms with van der Waals surface area (Å²) in [6, 6.07) is 13.3. The van der Waals surface area contributed by atoms with Crippen LogP contribution in [0.5, 0.6) is 0 Å². The van der Waals surface area contributed by atoms with E-state index in [4.69, 9.17) is 4.52 Å². The first kappa shape index (κ1) is 14.9. The molecule has 0 aliphatic carbocycles. The van der Waals surface area contributed by atoms with Crippen molar-refractivity contribution in [3.63, 3.8) is 0 Å². The highest BCUT2D eigenvalue weighted by atomic mass is 32.2. The number of thioether (sulfide) groups is 1. The van der Waals surface area contributed by atoms with E-state index in [-0.39, 0.29) is 5.91 Å². The van der Waals surface area contributed by atoms with E-state index in [1.165, 1.54) is 0 Å². The van der Waals surface area contributed by atoms with Crippen molar-refractivity contribution in [3.05, 3.63) is 59.1 Å². The lowest BCUT2D eigenvalue weighted by Gasteiger charge is -2.06. The molecule has 4 nitrogen and oxygen atoms in total. The molecule has 3 aromatic rings. The van der Waals surface area contributed by atoms with E-state index in [0.717, 1.165) is 15.5 Å². The Morgan fingerprint density at radius 3 is 2.95 bits per heavy atom.